The highest BCUT2D eigenvalue weighted by Gasteiger charge is 2.19. The number of hydrogen-bond acceptors (Lipinski definition) is 6. The molecule has 1 aromatic heterocycles. The Morgan fingerprint density at radius 1 is 0.925 bits per heavy atom. The number of nitrogens with one attached hydrogen (secondary N) is 1. The third kappa shape index (κ3) is 6.58. The molecule has 0 spiro atoms. The topological polar surface area (TPSA) is 66.9 Å². The second-order valence-electron chi connectivity index (χ2n) is 9.65. The first kappa shape index (κ1) is 27.1. The van der Waals surface area contributed by atoms with Crippen molar-refractivity contribution in [2.45, 2.75) is 13.5 Å². The van der Waals surface area contributed by atoms with E-state index >= 15 is 4.39 Å². The molecule has 0 saturated carbocycles. The molecule has 206 valence electrons. The molecule has 1 saturated heterocycles. The van der Waals surface area contributed by atoms with Crippen LogP contribution < -0.4 is 19.7 Å². The van der Waals surface area contributed by atoms with Gasteiger partial charge in [-0.3, -0.25) is 14.7 Å². The number of aromatic nitrogens is 1. The molecule has 40 heavy (non-hydrogen) atoms. The van der Waals surface area contributed by atoms with Gasteiger partial charge in [0.15, 0.2) is 0 Å². The predicted octanol–water partition coefficient (Wildman–Crippen LogP) is 5.87. The summed E-state index contributed by atoms with van der Waals surface area (Å²) in [6.07, 6.45) is 3.29. The van der Waals surface area contributed by atoms with Crippen molar-refractivity contribution in [3.63, 3.8) is 0 Å². The predicted molar refractivity (Wildman–Crippen MR) is 156 cm³/mol. The van der Waals surface area contributed by atoms with Crippen LogP contribution in [0.5, 0.6) is 11.5 Å². The van der Waals surface area contributed by atoms with E-state index in [1.807, 2.05) is 73.7 Å². The van der Waals surface area contributed by atoms with Crippen LogP contribution in [0.1, 0.15) is 22.8 Å². The summed E-state index contributed by atoms with van der Waals surface area (Å²) in [7, 11) is 1.61. The van der Waals surface area contributed by atoms with E-state index in [9.17, 15) is 4.79 Å². The number of piperazine rings is 1. The van der Waals surface area contributed by atoms with Crippen LogP contribution in [0.25, 0.3) is 11.1 Å². The molecule has 3 aromatic carbocycles. The summed E-state index contributed by atoms with van der Waals surface area (Å²) in [6, 6.07) is 22.2. The number of rotatable bonds is 9. The van der Waals surface area contributed by atoms with Gasteiger partial charge in [-0.05, 0) is 73.2 Å². The van der Waals surface area contributed by atoms with Crippen molar-refractivity contribution < 1.29 is 18.7 Å². The second-order valence-corrected chi connectivity index (χ2v) is 9.65. The van der Waals surface area contributed by atoms with Crippen LogP contribution in [0.15, 0.2) is 85.2 Å². The van der Waals surface area contributed by atoms with Gasteiger partial charge in [-0.15, -0.1) is 0 Å². The van der Waals surface area contributed by atoms with E-state index < -0.39 is 0 Å². The molecule has 0 aliphatic carbocycles. The molecule has 1 aliphatic rings. The Balaban J connectivity index is 1.14. The third-order valence-electron chi connectivity index (χ3n) is 6.99. The Kier molecular flexibility index (Phi) is 8.56. The highest BCUT2D eigenvalue weighted by molar-refractivity contribution is 6.04. The van der Waals surface area contributed by atoms with Crippen molar-refractivity contribution in [1.82, 2.24) is 9.88 Å². The smallest absolute Gasteiger partial charge is 0.255 e. The number of ether oxygens (including phenoxy) is 2. The zero-order chi connectivity index (χ0) is 27.9. The molecule has 1 amide bonds. The Morgan fingerprint density at radius 3 is 2.35 bits per heavy atom. The van der Waals surface area contributed by atoms with Crippen LogP contribution in [0.2, 0.25) is 0 Å². The van der Waals surface area contributed by atoms with Gasteiger partial charge >= 0.3 is 0 Å². The largest absolute Gasteiger partial charge is 0.497 e. The molecule has 8 heteroatoms. The average Bonchev–Trinajstić information content (AvgIpc) is 2.98. The number of hydrogen-bond donors (Lipinski definition) is 1. The van der Waals surface area contributed by atoms with E-state index in [-0.39, 0.29) is 11.7 Å². The average molecular weight is 541 g/mol. The maximum Gasteiger partial charge on any atom is 0.255 e. The minimum Gasteiger partial charge on any atom is -0.497 e. The molecular formula is C32H33FN4O3. The number of anilines is 2. The van der Waals surface area contributed by atoms with E-state index in [1.54, 1.807) is 25.6 Å². The third-order valence-corrected chi connectivity index (χ3v) is 6.99. The van der Waals surface area contributed by atoms with E-state index in [2.05, 4.69) is 20.1 Å². The quantitative estimate of drug-likeness (QED) is 0.287. The van der Waals surface area contributed by atoms with Crippen LogP contribution in [0, 0.1) is 5.82 Å². The number of methoxy groups -OCH3 is 1. The van der Waals surface area contributed by atoms with E-state index in [4.69, 9.17) is 9.47 Å². The number of carbonyl (C=O) groups is 1. The fourth-order valence-corrected chi connectivity index (χ4v) is 4.83. The highest BCUT2D eigenvalue weighted by atomic mass is 19.1. The Hall–Kier alpha value is -4.43. The van der Waals surface area contributed by atoms with Crippen molar-refractivity contribution in [2.24, 2.45) is 0 Å². The summed E-state index contributed by atoms with van der Waals surface area (Å²) >= 11 is 0. The van der Waals surface area contributed by atoms with Gasteiger partial charge in [0, 0.05) is 67.0 Å². The molecule has 5 rings (SSSR count). The summed E-state index contributed by atoms with van der Waals surface area (Å²) in [5, 5.41) is 2.91. The molecule has 0 bridgehead atoms. The van der Waals surface area contributed by atoms with Gasteiger partial charge in [0.25, 0.3) is 5.91 Å². The lowest BCUT2D eigenvalue weighted by atomic mass is 10.0. The summed E-state index contributed by atoms with van der Waals surface area (Å²) in [5.41, 5.74) is 4.56. The van der Waals surface area contributed by atoms with Crippen LogP contribution in [0.3, 0.4) is 0 Å². The summed E-state index contributed by atoms with van der Waals surface area (Å²) < 4.78 is 25.7. The lowest BCUT2D eigenvalue weighted by Crippen LogP contribution is -2.46. The van der Waals surface area contributed by atoms with Crippen molar-refractivity contribution >= 4 is 17.3 Å². The molecule has 1 fully saturated rings. The van der Waals surface area contributed by atoms with Crippen LogP contribution in [-0.2, 0) is 6.54 Å². The van der Waals surface area contributed by atoms with Crippen molar-refractivity contribution in [3.05, 3.63) is 102 Å². The summed E-state index contributed by atoms with van der Waals surface area (Å²) in [5.74, 6) is 0.957. The van der Waals surface area contributed by atoms with E-state index in [1.165, 1.54) is 0 Å². The SMILES string of the molecule is CCOc1cncc(-c2ccc(CN3CCN(c4ccc(C(=O)Nc5ccc(OC)cc5)cc4)CC3)cc2F)c1. The van der Waals surface area contributed by atoms with Gasteiger partial charge in [-0.2, -0.15) is 0 Å². The first-order valence-corrected chi connectivity index (χ1v) is 13.4. The van der Waals surface area contributed by atoms with Crippen molar-refractivity contribution in [3.8, 4) is 22.6 Å². The number of amides is 1. The van der Waals surface area contributed by atoms with Gasteiger partial charge in [-0.1, -0.05) is 12.1 Å². The Labute approximate surface area is 234 Å². The van der Waals surface area contributed by atoms with Gasteiger partial charge in [0.05, 0.1) is 19.9 Å². The first-order valence-electron chi connectivity index (χ1n) is 13.4. The highest BCUT2D eigenvalue weighted by Crippen LogP contribution is 2.27. The van der Waals surface area contributed by atoms with Crippen molar-refractivity contribution in [1.29, 1.82) is 0 Å². The normalized spacial score (nSPS) is 13.6. The molecule has 1 aliphatic heterocycles. The molecule has 2 heterocycles. The van der Waals surface area contributed by atoms with E-state index in [0.29, 0.717) is 41.3 Å². The van der Waals surface area contributed by atoms with E-state index in [0.717, 1.165) is 43.2 Å². The van der Waals surface area contributed by atoms with Crippen LogP contribution in [-0.4, -0.2) is 55.7 Å². The monoisotopic (exact) mass is 540 g/mol. The van der Waals surface area contributed by atoms with Crippen molar-refractivity contribution in [2.75, 3.05) is 50.1 Å². The number of benzene rings is 3. The number of carbonyl (C=O) groups excluding carboxylic acids is 1. The molecule has 4 aromatic rings. The molecule has 0 radical (unpaired) electrons. The Bertz CT molecular complexity index is 1440. The molecule has 1 N–H and O–H groups in total. The minimum atomic E-state index is -0.261. The second kappa shape index (κ2) is 12.6. The Morgan fingerprint density at radius 2 is 1.68 bits per heavy atom. The number of nitrogens with zero attached hydrogens (tertiary/aromatic N) is 3. The lowest BCUT2D eigenvalue weighted by molar-refractivity contribution is 0.102. The van der Waals surface area contributed by atoms with Gasteiger partial charge < -0.3 is 19.7 Å². The number of halogens is 1. The standard InChI is InChI=1S/C32H33FN4O3/c1-3-40-29-19-25(20-34-21-29)30-13-4-23(18-31(30)33)22-36-14-16-37(17-15-36)27-9-5-24(6-10-27)32(38)35-26-7-11-28(39-2)12-8-26/h4-13,18-21H,3,14-17,22H2,1-2H3,(H,35,38). The first-order chi connectivity index (χ1) is 19.5. The van der Waals surface area contributed by atoms with Gasteiger partial charge in [-0.25, -0.2) is 4.39 Å². The van der Waals surface area contributed by atoms with Gasteiger partial charge in [0.1, 0.15) is 17.3 Å². The zero-order valence-corrected chi connectivity index (χ0v) is 22.8. The summed E-state index contributed by atoms with van der Waals surface area (Å²) in [4.78, 5) is 21.5. The van der Waals surface area contributed by atoms with Crippen LogP contribution >= 0.6 is 0 Å². The minimum absolute atomic E-state index is 0.155. The molecule has 0 unspecified atom stereocenters. The maximum atomic E-state index is 15.0. The molecule has 0 atom stereocenters. The van der Waals surface area contributed by atoms with Crippen LogP contribution in [0.4, 0.5) is 15.8 Å². The lowest BCUT2D eigenvalue weighted by Gasteiger charge is -2.36. The van der Waals surface area contributed by atoms with Gasteiger partial charge in [0.2, 0.25) is 0 Å². The maximum absolute atomic E-state index is 15.0. The number of pyridine rings is 1. The fraction of sp³-hybridized carbons (Fsp3) is 0.250. The zero-order valence-electron chi connectivity index (χ0n) is 22.8. The molecule has 7 nitrogen and oxygen atoms in total. The fourth-order valence-electron chi connectivity index (χ4n) is 4.83. The molecular weight excluding hydrogens is 507 g/mol. The summed E-state index contributed by atoms with van der Waals surface area (Å²) in [6.45, 7) is 6.57.